The van der Waals surface area contributed by atoms with Crippen LogP contribution in [-0.2, 0) is 19.4 Å². The molecule has 1 atom stereocenters. The zero-order valence-electron chi connectivity index (χ0n) is 14.2. The maximum absolute atomic E-state index is 12.7. The Kier molecular flexibility index (Phi) is 6.84. The van der Waals surface area contributed by atoms with Crippen LogP contribution in [-0.4, -0.2) is 12.5 Å². The zero-order chi connectivity index (χ0) is 16.2. The maximum atomic E-state index is 12.7. The number of para-hydroxylation sites is 1. The molecular weight excluding hydrogens is 340 g/mol. The fraction of sp³-hybridized carbons (Fsp3) is 0.421. The third-order valence-electron chi connectivity index (χ3n) is 4.48. The molecule has 1 aromatic heterocycles. The molecule has 24 heavy (non-hydrogen) atoms. The average molecular weight is 365 g/mol. The van der Waals surface area contributed by atoms with Crippen molar-refractivity contribution in [3.8, 4) is 0 Å². The van der Waals surface area contributed by atoms with Crippen molar-refractivity contribution in [1.29, 1.82) is 0 Å². The van der Waals surface area contributed by atoms with Crippen molar-refractivity contribution in [3.05, 3.63) is 51.2 Å². The van der Waals surface area contributed by atoms with Gasteiger partial charge in [-0.05, 0) is 48.9 Å². The number of thiophene rings is 1. The molecule has 1 aliphatic carbocycles. The number of hydrogen-bond acceptors (Lipinski definition) is 3. The summed E-state index contributed by atoms with van der Waals surface area (Å²) < 4.78 is 0. The minimum atomic E-state index is 0. The minimum absolute atomic E-state index is 0. The van der Waals surface area contributed by atoms with Gasteiger partial charge in [-0.3, -0.25) is 4.79 Å². The van der Waals surface area contributed by atoms with Gasteiger partial charge >= 0.3 is 0 Å². The van der Waals surface area contributed by atoms with E-state index >= 15 is 0 Å². The molecule has 0 spiro atoms. The molecule has 2 N–H and O–H groups in total. The van der Waals surface area contributed by atoms with Gasteiger partial charge in [0.15, 0.2) is 0 Å². The Labute approximate surface area is 154 Å². The Balaban J connectivity index is 0.00000208. The first kappa shape index (κ1) is 19.0. The average Bonchev–Trinajstić information content (AvgIpc) is 2.97. The van der Waals surface area contributed by atoms with Crippen LogP contribution in [0.3, 0.4) is 0 Å². The number of carbonyl (C=O) groups excluding carboxylic acids is 1. The summed E-state index contributed by atoms with van der Waals surface area (Å²) in [6, 6.07) is 8.01. The quantitative estimate of drug-likeness (QED) is 0.810. The van der Waals surface area contributed by atoms with Crippen LogP contribution < -0.4 is 10.6 Å². The molecule has 1 aromatic carbocycles. The van der Waals surface area contributed by atoms with E-state index in [0.29, 0.717) is 0 Å². The molecular formula is C19H25ClN2OS. The first-order valence-electron chi connectivity index (χ1n) is 8.38. The van der Waals surface area contributed by atoms with Crippen molar-refractivity contribution >= 4 is 35.3 Å². The monoisotopic (exact) mass is 364 g/mol. The highest BCUT2D eigenvalue weighted by Crippen LogP contribution is 2.33. The van der Waals surface area contributed by atoms with E-state index in [1.165, 1.54) is 16.9 Å². The lowest BCUT2D eigenvalue weighted by atomic mass is 9.88. The number of benzene rings is 1. The number of hydrogen-bond donors (Lipinski definition) is 2. The van der Waals surface area contributed by atoms with Crippen LogP contribution in [0.1, 0.15) is 46.6 Å². The Morgan fingerprint density at radius 1 is 1.33 bits per heavy atom. The summed E-state index contributed by atoms with van der Waals surface area (Å²) in [5.41, 5.74) is 4.17. The summed E-state index contributed by atoms with van der Waals surface area (Å²) in [5.74, 6) is 0.763. The summed E-state index contributed by atoms with van der Waals surface area (Å²) in [6.45, 7) is 6.06. The molecule has 3 rings (SSSR count). The second-order valence-electron chi connectivity index (χ2n) is 6.29. The lowest BCUT2D eigenvalue weighted by molar-refractivity contribution is 0.102. The summed E-state index contributed by atoms with van der Waals surface area (Å²) in [5, 5.41) is 8.46. The van der Waals surface area contributed by atoms with Gasteiger partial charge in [-0.2, -0.15) is 0 Å². The van der Waals surface area contributed by atoms with Gasteiger partial charge in [0.1, 0.15) is 0 Å². The number of halogens is 1. The molecule has 3 nitrogen and oxygen atoms in total. The van der Waals surface area contributed by atoms with E-state index < -0.39 is 0 Å². The number of amides is 1. The van der Waals surface area contributed by atoms with E-state index in [4.69, 9.17) is 0 Å². The Hall–Kier alpha value is -1.36. The molecule has 1 heterocycles. The summed E-state index contributed by atoms with van der Waals surface area (Å²) in [6.07, 6.45) is 3.33. The van der Waals surface area contributed by atoms with Crippen molar-refractivity contribution in [2.24, 2.45) is 5.92 Å². The third kappa shape index (κ3) is 4.18. The summed E-state index contributed by atoms with van der Waals surface area (Å²) >= 11 is 1.74. The van der Waals surface area contributed by atoms with Crippen molar-refractivity contribution in [2.75, 3.05) is 11.9 Å². The third-order valence-corrected chi connectivity index (χ3v) is 5.53. The summed E-state index contributed by atoms with van der Waals surface area (Å²) in [4.78, 5) is 14.1. The Morgan fingerprint density at radius 2 is 2.12 bits per heavy atom. The standard InChI is InChI=1S/C19H24N2OS.ClH/c1-3-20-11-14-6-4-5-7-17(14)21-19(22)16-12-23-18-10-13(2)8-9-15(16)18;/h4-7,12-13,20H,3,8-11H2,1-2H3,(H,21,22);1H. The molecule has 1 aliphatic rings. The maximum Gasteiger partial charge on any atom is 0.256 e. The molecule has 0 radical (unpaired) electrons. The molecule has 0 fully saturated rings. The van der Waals surface area contributed by atoms with Gasteiger partial charge in [0.05, 0.1) is 5.56 Å². The molecule has 130 valence electrons. The van der Waals surface area contributed by atoms with Gasteiger partial charge in [-0.15, -0.1) is 23.7 Å². The van der Waals surface area contributed by atoms with Gasteiger partial charge in [-0.1, -0.05) is 32.0 Å². The summed E-state index contributed by atoms with van der Waals surface area (Å²) in [7, 11) is 0. The molecule has 0 saturated carbocycles. The van der Waals surface area contributed by atoms with E-state index in [0.717, 1.165) is 48.7 Å². The lowest BCUT2D eigenvalue weighted by Gasteiger charge is -2.19. The van der Waals surface area contributed by atoms with E-state index in [1.54, 1.807) is 11.3 Å². The van der Waals surface area contributed by atoms with E-state index in [-0.39, 0.29) is 18.3 Å². The van der Waals surface area contributed by atoms with Crippen LogP contribution in [0.4, 0.5) is 5.69 Å². The topological polar surface area (TPSA) is 41.1 Å². The number of fused-ring (bicyclic) bond motifs is 1. The molecule has 2 aromatic rings. The lowest BCUT2D eigenvalue weighted by Crippen LogP contribution is -2.19. The van der Waals surface area contributed by atoms with Crippen LogP contribution in [0.5, 0.6) is 0 Å². The normalized spacial score (nSPS) is 16.2. The highest BCUT2D eigenvalue weighted by atomic mass is 35.5. The van der Waals surface area contributed by atoms with E-state index in [2.05, 4.69) is 30.5 Å². The fourth-order valence-corrected chi connectivity index (χ4v) is 4.36. The predicted octanol–water partition coefficient (Wildman–Crippen LogP) is 4.66. The van der Waals surface area contributed by atoms with Crippen molar-refractivity contribution in [1.82, 2.24) is 5.32 Å². The Morgan fingerprint density at radius 3 is 2.92 bits per heavy atom. The van der Waals surface area contributed by atoms with E-state index in [1.807, 2.05) is 23.6 Å². The van der Waals surface area contributed by atoms with Gasteiger partial charge < -0.3 is 10.6 Å². The van der Waals surface area contributed by atoms with Crippen LogP contribution in [0.25, 0.3) is 0 Å². The molecule has 1 amide bonds. The number of carbonyl (C=O) groups is 1. The highest BCUT2D eigenvalue weighted by molar-refractivity contribution is 7.10. The van der Waals surface area contributed by atoms with Crippen LogP contribution in [0.15, 0.2) is 29.6 Å². The van der Waals surface area contributed by atoms with Crippen LogP contribution >= 0.6 is 23.7 Å². The largest absolute Gasteiger partial charge is 0.322 e. The van der Waals surface area contributed by atoms with Crippen molar-refractivity contribution in [2.45, 2.75) is 39.7 Å². The molecule has 0 aliphatic heterocycles. The smallest absolute Gasteiger partial charge is 0.256 e. The van der Waals surface area contributed by atoms with Gasteiger partial charge in [0.2, 0.25) is 0 Å². The number of nitrogens with one attached hydrogen (secondary N) is 2. The second-order valence-corrected chi connectivity index (χ2v) is 7.25. The molecule has 5 heteroatoms. The fourth-order valence-electron chi connectivity index (χ4n) is 3.11. The first-order valence-corrected chi connectivity index (χ1v) is 9.26. The predicted molar refractivity (Wildman–Crippen MR) is 105 cm³/mol. The minimum Gasteiger partial charge on any atom is -0.322 e. The second kappa shape index (κ2) is 8.65. The van der Waals surface area contributed by atoms with Crippen LogP contribution in [0, 0.1) is 5.92 Å². The Bertz CT molecular complexity index is 698. The van der Waals surface area contributed by atoms with Gasteiger partial charge in [0.25, 0.3) is 5.91 Å². The zero-order valence-corrected chi connectivity index (χ0v) is 15.9. The van der Waals surface area contributed by atoms with Crippen molar-refractivity contribution < 1.29 is 4.79 Å². The first-order chi connectivity index (χ1) is 11.2. The molecule has 1 unspecified atom stereocenters. The molecule has 0 bridgehead atoms. The van der Waals surface area contributed by atoms with Gasteiger partial charge in [0, 0.05) is 22.5 Å². The van der Waals surface area contributed by atoms with Gasteiger partial charge in [-0.25, -0.2) is 0 Å². The van der Waals surface area contributed by atoms with Crippen LogP contribution in [0.2, 0.25) is 0 Å². The SMILES string of the molecule is CCNCc1ccccc1NC(=O)c1csc2c1CCC(C)C2.Cl. The van der Waals surface area contributed by atoms with Crippen molar-refractivity contribution in [3.63, 3.8) is 0 Å². The molecule has 0 saturated heterocycles. The number of rotatable bonds is 5. The van der Waals surface area contributed by atoms with E-state index in [9.17, 15) is 4.79 Å². The highest BCUT2D eigenvalue weighted by Gasteiger charge is 2.23. The number of anilines is 1.